The topological polar surface area (TPSA) is 46.5 Å². The van der Waals surface area contributed by atoms with E-state index in [1.165, 1.54) is 19.3 Å². The van der Waals surface area contributed by atoms with Crippen molar-refractivity contribution < 1.29 is 14.6 Å². The first-order chi connectivity index (χ1) is 11.4. The molecule has 3 nitrogen and oxygen atoms in total. The number of hydrogen-bond donors (Lipinski definition) is 1. The summed E-state index contributed by atoms with van der Waals surface area (Å²) >= 11 is 0. The van der Waals surface area contributed by atoms with Crippen LogP contribution in [0.15, 0.2) is 0 Å². The summed E-state index contributed by atoms with van der Waals surface area (Å²) in [5, 5.41) is 10.5. The van der Waals surface area contributed by atoms with Gasteiger partial charge in [-0.25, -0.2) is 0 Å². The van der Waals surface area contributed by atoms with Crippen LogP contribution in [0, 0.1) is 34.5 Å². The molecule has 1 N–H and O–H groups in total. The highest BCUT2D eigenvalue weighted by Gasteiger charge is 2.61. The van der Waals surface area contributed by atoms with Gasteiger partial charge in [-0.05, 0) is 81.0 Å². The van der Waals surface area contributed by atoms with Gasteiger partial charge in [-0.15, -0.1) is 0 Å². The lowest BCUT2D eigenvalue weighted by atomic mass is 9.45. The minimum Gasteiger partial charge on any atom is -0.390 e. The molecule has 24 heavy (non-hydrogen) atoms. The summed E-state index contributed by atoms with van der Waals surface area (Å²) in [4.78, 5) is 12.5. The Kier molecular flexibility index (Phi) is 4.12. The van der Waals surface area contributed by atoms with Gasteiger partial charge >= 0.3 is 0 Å². The molecule has 0 saturated heterocycles. The molecule has 0 aromatic heterocycles. The number of ether oxygens (including phenoxy) is 1. The zero-order valence-electron chi connectivity index (χ0n) is 15.6. The Balaban J connectivity index is 1.61. The van der Waals surface area contributed by atoms with E-state index >= 15 is 0 Å². The molecule has 0 heterocycles. The van der Waals surface area contributed by atoms with E-state index in [1.807, 2.05) is 6.92 Å². The molecule has 0 aromatic rings. The summed E-state index contributed by atoms with van der Waals surface area (Å²) in [6.45, 7) is 7.45. The summed E-state index contributed by atoms with van der Waals surface area (Å²) in [5.41, 5.74) is 0.257. The zero-order chi connectivity index (χ0) is 17.1. The molecule has 0 aliphatic heterocycles. The van der Waals surface area contributed by atoms with Crippen LogP contribution >= 0.6 is 0 Å². The van der Waals surface area contributed by atoms with Crippen LogP contribution in [0.3, 0.4) is 0 Å². The molecule has 136 valence electrons. The fourth-order valence-electron chi connectivity index (χ4n) is 7.41. The lowest BCUT2D eigenvalue weighted by molar-refractivity contribution is -0.170. The van der Waals surface area contributed by atoms with E-state index in [0.29, 0.717) is 30.1 Å². The SMILES string of the molecule is CCOC1CC2(C)C(CCC3C4CCC(=O)C4(C)CCC32)CC1O. The maximum Gasteiger partial charge on any atom is 0.139 e. The van der Waals surface area contributed by atoms with Crippen LogP contribution in [0.1, 0.15) is 72.1 Å². The van der Waals surface area contributed by atoms with Crippen LogP contribution in [-0.4, -0.2) is 29.7 Å². The Hall–Kier alpha value is -0.410. The number of hydrogen-bond acceptors (Lipinski definition) is 3. The summed E-state index contributed by atoms with van der Waals surface area (Å²) < 4.78 is 5.91. The smallest absolute Gasteiger partial charge is 0.139 e. The number of aliphatic hydroxyl groups excluding tert-OH is 1. The van der Waals surface area contributed by atoms with Crippen LogP contribution in [0.5, 0.6) is 0 Å². The van der Waals surface area contributed by atoms with E-state index in [-0.39, 0.29) is 23.0 Å². The molecule has 4 fully saturated rings. The molecule has 0 spiro atoms. The van der Waals surface area contributed by atoms with Crippen LogP contribution < -0.4 is 0 Å². The fourth-order valence-corrected chi connectivity index (χ4v) is 7.41. The second kappa shape index (κ2) is 5.81. The molecular formula is C21H34O3. The molecule has 3 heteroatoms. The lowest BCUT2D eigenvalue weighted by Gasteiger charge is -2.61. The predicted octanol–water partition coefficient (Wildman–Crippen LogP) is 3.97. The third-order valence-electron chi connectivity index (χ3n) is 8.75. The Morgan fingerprint density at radius 2 is 1.96 bits per heavy atom. The number of carbonyl (C=O) groups is 1. The van der Waals surface area contributed by atoms with Crippen molar-refractivity contribution in [2.24, 2.45) is 34.5 Å². The van der Waals surface area contributed by atoms with E-state index in [2.05, 4.69) is 13.8 Å². The molecule has 0 amide bonds. The first-order valence-corrected chi connectivity index (χ1v) is 10.2. The van der Waals surface area contributed by atoms with Crippen LogP contribution in [-0.2, 0) is 9.53 Å². The van der Waals surface area contributed by atoms with Crippen molar-refractivity contribution in [1.29, 1.82) is 0 Å². The first-order valence-electron chi connectivity index (χ1n) is 10.2. The molecule has 0 bridgehead atoms. The third kappa shape index (κ3) is 2.26. The summed E-state index contributed by atoms with van der Waals surface area (Å²) in [5.74, 6) is 3.21. The second-order valence-electron chi connectivity index (χ2n) is 9.58. The van der Waals surface area contributed by atoms with E-state index in [9.17, 15) is 9.90 Å². The van der Waals surface area contributed by atoms with Crippen molar-refractivity contribution in [1.82, 2.24) is 0 Å². The Labute approximate surface area is 146 Å². The molecule has 8 unspecified atom stereocenters. The average Bonchev–Trinajstić information content (AvgIpc) is 2.85. The molecule has 4 saturated carbocycles. The van der Waals surface area contributed by atoms with Gasteiger partial charge in [0.1, 0.15) is 5.78 Å². The van der Waals surface area contributed by atoms with Gasteiger partial charge in [-0.2, -0.15) is 0 Å². The minimum absolute atomic E-state index is 0.00789. The molecule has 4 aliphatic carbocycles. The number of aliphatic hydroxyl groups is 1. The predicted molar refractivity (Wildman–Crippen MR) is 93.5 cm³/mol. The van der Waals surface area contributed by atoms with Crippen molar-refractivity contribution in [3.05, 3.63) is 0 Å². The number of fused-ring (bicyclic) bond motifs is 5. The largest absolute Gasteiger partial charge is 0.390 e. The van der Waals surface area contributed by atoms with Crippen LogP contribution in [0.2, 0.25) is 0 Å². The maximum absolute atomic E-state index is 12.5. The normalized spacial score (nSPS) is 54.1. The van der Waals surface area contributed by atoms with Crippen molar-refractivity contribution >= 4 is 5.78 Å². The molecule has 4 aliphatic rings. The van der Waals surface area contributed by atoms with Gasteiger partial charge in [0.25, 0.3) is 0 Å². The highest BCUT2D eigenvalue weighted by Crippen LogP contribution is 2.65. The standard InChI is InChI=1S/C21H34O3/c1-4-24-18-12-21(3)13(11-17(18)22)5-6-14-15-7-8-19(23)20(15,2)10-9-16(14)21/h13-18,22H,4-12H2,1-3H3. The zero-order valence-corrected chi connectivity index (χ0v) is 15.6. The van der Waals surface area contributed by atoms with Gasteiger partial charge in [0.15, 0.2) is 0 Å². The quantitative estimate of drug-likeness (QED) is 0.831. The van der Waals surface area contributed by atoms with Crippen molar-refractivity contribution in [3.8, 4) is 0 Å². The number of Topliss-reactive ketones (excluding diaryl/α,β-unsaturated/α-hetero) is 1. The van der Waals surface area contributed by atoms with Gasteiger partial charge in [-0.3, -0.25) is 4.79 Å². The highest BCUT2D eigenvalue weighted by molar-refractivity contribution is 5.87. The Morgan fingerprint density at radius 1 is 1.17 bits per heavy atom. The molecular weight excluding hydrogens is 300 g/mol. The van der Waals surface area contributed by atoms with Gasteiger partial charge in [0.05, 0.1) is 12.2 Å². The van der Waals surface area contributed by atoms with E-state index in [0.717, 1.165) is 38.0 Å². The van der Waals surface area contributed by atoms with Gasteiger partial charge in [-0.1, -0.05) is 13.8 Å². The van der Waals surface area contributed by atoms with Crippen LogP contribution in [0.4, 0.5) is 0 Å². The van der Waals surface area contributed by atoms with Crippen LogP contribution in [0.25, 0.3) is 0 Å². The summed E-state index contributed by atoms with van der Waals surface area (Å²) in [6, 6.07) is 0. The van der Waals surface area contributed by atoms with Gasteiger partial charge < -0.3 is 9.84 Å². The van der Waals surface area contributed by atoms with Crippen molar-refractivity contribution in [2.75, 3.05) is 6.61 Å². The highest BCUT2D eigenvalue weighted by atomic mass is 16.5. The van der Waals surface area contributed by atoms with Gasteiger partial charge in [0, 0.05) is 18.4 Å². The first kappa shape index (κ1) is 17.0. The fraction of sp³-hybridized carbons (Fsp3) is 0.952. The third-order valence-corrected chi connectivity index (χ3v) is 8.75. The van der Waals surface area contributed by atoms with Crippen molar-refractivity contribution in [2.45, 2.75) is 84.3 Å². The summed E-state index contributed by atoms with van der Waals surface area (Å²) in [7, 11) is 0. The van der Waals surface area contributed by atoms with Crippen molar-refractivity contribution in [3.63, 3.8) is 0 Å². The number of rotatable bonds is 2. The number of ketones is 1. The van der Waals surface area contributed by atoms with E-state index in [1.54, 1.807) is 0 Å². The number of carbonyl (C=O) groups excluding carboxylic acids is 1. The average molecular weight is 335 g/mol. The minimum atomic E-state index is -0.290. The van der Waals surface area contributed by atoms with Gasteiger partial charge in [0.2, 0.25) is 0 Å². The molecule has 8 atom stereocenters. The summed E-state index contributed by atoms with van der Waals surface area (Å²) in [6.07, 6.45) is 8.34. The molecule has 0 aromatic carbocycles. The second-order valence-corrected chi connectivity index (χ2v) is 9.58. The Morgan fingerprint density at radius 3 is 2.71 bits per heavy atom. The molecule has 4 rings (SSSR count). The van der Waals surface area contributed by atoms with E-state index in [4.69, 9.17) is 4.74 Å². The maximum atomic E-state index is 12.5. The van der Waals surface area contributed by atoms with E-state index < -0.39 is 0 Å². The lowest BCUT2D eigenvalue weighted by Crippen LogP contribution is -2.57. The monoisotopic (exact) mass is 334 g/mol. The Bertz CT molecular complexity index is 517. The molecule has 0 radical (unpaired) electrons.